The van der Waals surface area contributed by atoms with Gasteiger partial charge in [0.15, 0.2) is 0 Å². The number of hydrogen-bond donors (Lipinski definition) is 2. The summed E-state index contributed by atoms with van der Waals surface area (Å²) in [6.45, 7) is 8.92. The minimum atomic E-state index is -0.0624. The molecule has 3 aliphatic heterocycles. The molecule has 0 bridgehead atoms. The summed E-state index contributed by atoms with van der Waals surface area (Å²) in [4.78, 5) is 18.9. The summed E-state index contributed by atoms with van der Waals surface area (Å²) in [5.74, 6) is 0.986. The molecule has 9 heteroatoms. The number of pyridine rings is 2. The molecule has 0 spiro atoms. The standard InChI is InChI=1S/C28H34N8O/c29-15-21-2-4-25(24-3-6-27(37)32-28(21)24)35-13-11-34-12-14-36(19-23(34)18-35)26-5-1-20(16-31-26)7-9-33-10-8-22(30)17-33/h1-6,16,22-23H,7-14,17-19,30H2,(H,32,37). The van der Waals surface area contributed by atoms with Gasteiger partial charge in [0.25, 0.3) is 0 Å². The van der Waals surface area contributed by atoms with Crippen LogP contribution >= 0.6 is 0 Å². The number of hydrogen-bond acceptors (Lipinski definition) is 9. The second-order valence-corrected chi connectivity index (χ2v) is 10.5. The van der Waals surface area contributed by atoms with E-state index in [1.165, 1.54) is 5.56 Å². The average molecular weight is 499 g/mol. The highest BCUT2D eigenvalue weighted by atomic mass is 16.3. The lowest BCUT2D eigenvalue weighted by Crippen LogP contribution is -2.62. The number of aromatic nitrogens is 2. The number of nitrogens with zero attached hydrogens (tertiary/aromatic N) is 7. The molecule has 3 saturated heterocycles. The molecule has 37 heavy (non-hydrogen) atoms. The number of aromatic hydroxyl groups is 1. The fourth-order valence-electron chi connectivity index (χ4n) is 6.04. The Morgan fingerprint density at radius 1 is 0.973 bits per heavy atom. The number of likely N-dealkylation sites (tertiary alicyclic amines) is 1. The molecule has 0 saturated carbocycles. The number of fused-ring (bicyclic) bond motifs is 2. The molecule has 2 atom stereocenters. The van der Waals surface area contributed by atoms with Crippen molar-refractivity contribution >= 4 is 22.4 Å². The Bertz CT molecular complexity index is 1310. The topological polar surface area (TPSA) is 109 Å². The predicted octanol–water partition coefficient (Wildman–Crippen LogP) is 1.79. The molecule has 5 heterocycles. The molecule has 3 aromatic rings. The maximum Gasteiger partial charge on any atom is 0.211 e. The van der Waals surface area contributed by atoms with Crippen molar-refractivity contribution in [1.82, 2.24) is 19.8 Å². The molecule has 3 aliphatic rings. The van der Waals surface area contributed by atoms with E-state index in [1.807, 2.05) is 24.4 Å². The second-order valence-electron chi connectivity index (χ2n) is 10.5. The van der Waals surface area contributed by atoms with E-state index in [1.54, 1.807) is 6.07 Å². The van der Waals surface area contributed by atoms with Gasteiger partial charge in [-0.2, -0.15) is 5.26 Å². The van der Waals surface area contributed by atoms with E-state index in [4.69, 9.17) is 10.7 Å². The first-order valence-corrected chi connectivity index (χ1v) is 13.3. The largest absolute Gasteiger partial charge is 0.493 e. The molecule has 2 aromatic heterocycles. The maximum atomic E-state index is 9.89. The molecule has 1 aromatic carbocycles. The van der Waals surface area contributed by atoms with Crippen molar-refractivity contribution in [2.45, 2.75) is 24.9 Å². The van der Waals surface area contributed by atoms with Gasteiger partial charge in [-0.05, 0) is 49.2 Å². The summed E-state index contributed by atoms with van der Waals surface area (Å²) in [6, 6.07) is 14.6. The Labute approximate surface area is 217 Å². The highest BCUT2D eigenvalue weighted by molar-refractivity contribution is 5.95. The quantitative estimate of drug-likeness (QED) is 0.544. The average Bonchev–Trinajstić information content (AvgIpc) is 3.35. The molecule has 0 radical (unpaired) electrons. The van der Waals surface area contributed by atoms with Gasteiger partial charge in [0.2, 0.25) is 5.88 Å². The first-order chi connectivity index (χ1) is 18.1. The van der Waals surface area contributed by atoms with Crippen molar-refractivity contribution in [1.29, 1.82) is 5.26 Å². The number of anilines is 2. The molecular weight excluding hydrogens is 464 g/mol. The van der Waals surface area contributed by atoms with Crippen LogP contribution in [0.4, 0.5) is 11.5 Å². The van der Waals surface area contributed by atoms with E-state index in [9.17, 15) is 10.4 Å². The number of nitriles is 1. The van der Waals surface area contributed by atoms with E-state index in [0.717, 1.165) is 88.6 Å². The molecule has 6 rings (SSSR count). The van der Waals surface area contributed by atoms with E-state index in [2.05, 4.69) is 42.8 Å². The van der Waals surface area contributed by atoms with Gasteiger partial charge < -0.3 is 25.5 Å². The van der Waals surface area contributed by atoms with E-state index < -0.39 is 0 Å². The smallest absolute Gasteiger partial charge is 0.211 e. The van der Waals surface area contributed by atoms with Crippen LogP contribution in [0.2, 0.25) is 0 Å². The van der Waals surface area contributed by atoms with Crippen molar-refractivity contribution in [3.8, 4) is 11.9 Å². The van der Waals surface area contributed by atoms with Crippen LogP contribution in [-0.4, -0.2) is 95.9 Å². The SMILES string of the molecule is N#Cc1ccc(N2CCN3CCN(c4ccc(CCN5CCC(N)C5)cn4)CC3C2)c2ccc(O)nc12. The Kier molecular flexibility index (Phi) is 6.55. The predicted molar refractivity (Wildman–Crippen MR) is 145 cm³/mol. The summed E-state index contributed by atoms with van der Waals surface area (Å²) in [5.41, 5.74) is 9.42. The van der Waals surface area contributed by atoms with Gasteiger partial charge in [-0.3, -0.25) is 4.90 Å². The zero-order valence-electron chi connectivity index (χ0n) is 21.1. The summed E-state index contributed by atoms with van der Waals surface area (Å²) in [5, 5.41) is 20.3. The Hall–Kier alpha value is -3.45. The lowest BCUT2D eigenvalue weighted by Gasteiger charge is -2.48. The normalized spacial score (nSPS) is 22.8. The minimum absolute atomic E-state index is 0.0624. The van der Waals surface area contributed by atoms with Gasteiger partial charge in [-0.1, -0.05) is 6.07 Å². The molecule has 9 nitrogen and oxygen atoms in total. The fourth-order valence-corrected chi connectivity index (χ4v) is 6.04. The van der Waals surface area contributed by atoms with Crippen molar-refractivity contribution in [3.05, 3.63) is 53.7 Å². The van der Waals surface area contributed by atoms with Crippen LogP contribution < -0.4 is 15.5 Å². The summed E-state index contributed by atoms with van der Waals surface area (Å²) >= 11 is 0. The number of benzene rings is 1. The molecule has 2 unspecified atom stereocenters. The van der Waals surface area contributed by atoms with Gasteiger partial charge in [-0.25, -0.2) is 9.97 Å². The van der Waals surface area contributed by atoms with E-state index in [0.29, 0.717) is 23.2 Å². The minimum Gasteiger partial charge on any atom is -0.493 e. The molecule has 192 valence electrons. The Morgan fingerprint density at radius 2 is 1.81 bits per heavy atom. The van der Waals surface area contributed by atoms with Crippen LogP contribution in [0, 0.1) is 11.3 Å². The highest BCUT2D eigenvalue weighted by Gasteiger charge is 2.33. The molecular formula is C28H34N8O. The lowest BCUT2D eigenvalue weighted by atomic mass is 10.0. The van der Waals surface area contributed by atoms with E-state index in [-0.39, 0.29) is 5.88 Å². The third-order valence-corrected chi connectivity index (χ3v) is 8.13. The number of piperazine rings is 2. The Balaban J connectivity index is 1.13. The monoisotopic (exact) mass is 498 g/mol. The van der Waals surface area contributed by atoms with Gasteiger partial charge in [0.1, 0.15) is 11.9 Å². The van der Waals surface area contributed by atoms with Crippen molar-refractivity contribution in [2.75, 3.05) is 68.7 Å². The third kappa shape index (κ3) is 4.92. The second kappa shape index (κ2) is 10.1. The highest BCUT2D eigenvalue weighted by Crippen LogP contribution is 2.32. The van der Waals surface area contributed by atoms with Crippen LogP contribution in [0.3, 0.4) is 0 Å². The van der Waals surface area contributed by atoms with Crippen LogP contribution in [-0.2, 0) is 6.42 Å². The van der Waals surface area contributed by atoms with Crippen molar-refractivity contribution < 1.29 is 5.11 Å². The molecule has 3 N–H and O–H groups in total. The fraction of sp³-hybridized carbons (Fsp3) is 0.464. The van der Waals surface area contributed by atoms with Crippen LogP contribution in [0.1, 0.15) is 17.5 Å². The third-order valence-electron chi connectivity index (χ3n) is 8.13. The van der Waals surface area contributed by atoms with Crippen molar-refractivity contribution in [2.24, 2.45) is 5.73 Å². The van der Waals surface area contributed by atoms with Crippen LogP contribution in [0.5, 0.6) is 5.88 Å². The molecule has 3 fully saturated rings. The summed E-state index contributed by atoms with van der Waals surface area (Å²) in [6.07, 6.45) is 4.15. The number of rotatable bonds is 5. The van der Waals surface area contributed by atoms with Crippen LogP contribution in [0.15, 0.2) is 42.6 Å². The zero-order valence-corrected chi connectivity index (χ0v) is 21.1. The lowest BCUT2D eigenvalue weighted by molar-refractivity contribution is 0.159. The van der Waals surface area contributed by atoms with Gasteiger partial charge >= 0.3 is 0 Å². The van der Waals surface area contributed by atoms with Gasteiger partial charge in [0, 0.05) is 87.8 Å². The maximum absolute atomic E-state index is 9.89. The first-order valence-electron chi connectivity index (χ1n) is 13.3. The van der Waals surface area contributed by atoms with Crippen molar-refractivity contribution in [3.63, 3.8) is 0 Å². The van der Waals surface area contributed by atoms with Gasteiger partial charge in [0.05, 0.1) is 11.1 Å². The van der Waals surface area contributed by atoms with E-state index >= 15 is 0 Å². The summed E-state index contributed by atoms with van der Waals surface area (Å²) < 4.78 is 0. The van der Waals surface area contributed by atoms with Gasteiger partial charge in [-0.15, -0.1) is 0 Å². The molecule has 0 aliphatic carbocycles. The number of nitrogens with two attached hydrogens (primary N) is 1. The zero-order chi connectivity index (χ0) is 25.4. The first kappa shape index (κ1) is 23.9. The molecule has 0 amide bonds. The Morgan fingerprint density at radius 3 is 2.57 bits per heavy atom. The summed E-state index contributed by atoms with van der Waals surface area (Å²) in [7, 11) is 0. The van der Waals surface area contributed by atoms with Crippen LogP contribution in [0.25, 0.3) is 10.9 Å².